The van der Waals surface area contributed by atoms with E-state index in [0.717, 1.165) is 36.4 Å². The second kappa shape index (κ2) is 20.4. The lowest BCUT2D eigenvalue weighted by Crippen LogP contribution is -2.60. The lowest BCUT2D eigenvalue weighted by atomic mass is 9.76. The zero-order valence-corrected chi connectivity index (χ0v) is 42.3. The number of ether oxygens (including phenoxy) is 6. The molecule has 3 aliphatic rings. The van der Waals surface area contributed by atoms with Crippen LogP contribution in [0.2, 0.25) is 0 Å². The second-order valence-corrected chi connectivity index (χ2v) is 19.5. The van der Waals surface area contributed by atoms with Crippen molar-refractivity contribution in [1.82, 2.24) is 0 Å². The lowest BCUT2D eigenvalue weighted by Gasteiger charge is -2.40. The molecular formula is C57H51O24+. The van der Waals surface area contributed by atoms with Crippen LogP contribution in [0.5, 0.6) is 80.5 Å². The fourth-order valence-corrected chi connectivity index (χ4v) is 10.6. The third-order valence-electron chi connectivity index (χ3n) is 14.6. The number of aliphatic hydroxyl groups excluding tert-OH is 6. The maximum absolute atomic E-state index is 12.6. The van der Waals surface area contributed by atoms with E-state index in [1.807, 2.05) is 0 Å². The molecule has 6 aromatic carbocycles. The van der Waals surface area contributed by atoms with E-state index in [4.69, 9.17) is 37.3 Å². The van der Waals surface area contributed by atoms with E-state index >= 15 is 0 Å². The Hall–Kier alpha value is -9.27. The minimum atomic E-state index is -1.95. The molecule has 0 amide bonds. The zero-order valence-electron chi connectivity index (χ0n) is 42.3. The van der Waals surface area contributed by atoms with E-state index in [1.54, 1.807) is 0 Å². The summed E-state index contributed by atoms with van der Waals surface area (Å²) in [6.45, 7) is -0.815. The first-order chi connectivity index (χ1) is 38.7. The number of fused-ring (bicyclic) bond motifs is 2. The summed E-state index contributed by atoms with van der Waals surface area (Å²) in [4.78, 5) is 11.1. The van der Waals surface area contributed by atoms with E-state index < -0.39 is 119 Å². The van der Waals surface area contributed by atoms with E-state index in [0.29, 0.717) is 0 Å². The van der Waals surface area contributed by atoms with E-state index in [1.165, 1.54) is 68.8 Å². The fourth-order valence-electron chi connectivity index (χ4n) is 10.6. The first kappa shape index (κ1) is 53.7. The number of aromatic hydroxyl groups is 9. The lowest BCUT2D eigenvalue weighted by molar-refractivity contribution is -0.277. The summed E-state index contributed by atoms with van der Waals surface area (Å²) in [5.41, 5.74) is -1.03. The van der Waals surface area contributed by atoms with Crippen molar-refractivity contribution in [3.63, 3.8) is 0 Å². The van der Waals surface area contributed by atoms with Crippen molar-refractivity contribution >= 4 is 34.1 Å². The molecule has 422 valence electrons. The molecule has 11 rings (SSSR count). The van der Waals surface area contributed by atoms with Gasteiger partial charge in [-0.25, -0.2) is 0 Å². The molecule has 5 unspecified atom stereocenters. The van der Waals surface area contributed by atoms with Gasteiger partial charge in [0.1, 0.15) is 88.0 Å². The molecule has 1 saturated heterocycles. The Morgan fingerprint density at radius 1 is 0.593 bits per heavy atom. The molecule has 2 aromatic heterocycles. The van der Waals surface area contributed by atoms with Crippen molar-refractivity contribution in [2.24, 2.45) is 0 Å². The van der Waals surface area contributed by atoms with Gasteiger partial charge in [-0.3, -0.25) is 4.79 Å². The van der Waals surface area contributed by atoms with Crippen LogP contribution in [-0.4, -0.2) is 145 Å². The third-order valence-corrected chi connectivity index (χ3v) is 14.6. The number of hydrogen-bond acceptors (Lipinski definition) is 23. The smallest absolute Gasteiger partial charge is 0.347 e. The van der Waals surface area contributed by atoms with E-state index in [2.05, 4.69) is 0 Å². The normalized spacial score (nSPS) is 23.4. The van der Waals surface area contributed by atoms with Crippen molar-refractivity contribution in [1.29, 1.82) is 0 Å². The maximum Gasteiger partial charge on any atom is 0.347 e. The number of phenolic OH excluding ortho intramolecular Hbond substituents is 9. The standard InChI is InChI=1S/C57H50O24/c1-74-39-11-22(12-40(75-2)46(39)69)53-56(81-57-50(73)49(72)47(70)41(19-58)78-57)27-15-24(76-37-13-23(59)14-38(77-53)42(27)37)5-6-25-30(62)17-34(66)43-45(48(71)52(80-54(25)43)21-4-8-29(61)33(65)10-21)44-35(67)18-31(63)26-16-36(68)51(79-55(26)44)20-3-7-28(60)32(64)9-20/h3-15,17-18,36,41,45,47-52,57-58,60-73H,16,19H2,1-2H3/p+1/t36?,41-,45?,47-,48?,49+,50-,51?,52?,57+/m1/s1. The molecule has 81 heavy (non-hydrogen) atoms. The molecule has 24 heteroatoms. The first-order valence-corrected chi connectivity index (χ1v) is 24.8. The summed E-state index contributed by atoms with van der Waals surface area (Å²) in [5.74, 6) is -8.23. The van der Waals surface area contributed by atoms with Crippen LogP contribution in [0, 0.1) is 0 Å². The van der Waals surface area contributed by atoms with Crippen molar-refractivity contribution < 1.29 is 119 Å². The number of hydrogen-bond donors (Lipinski definition) is 15. The number of benzene rings is 6. The SMILES string of the molecule is COc1cc(-c2oc3cc(=[OH+])cc4oc(C=Cc5c(O)cc(O)c6c5OC(c5ccc(O)c(O)c5)C(O)C6c5c(O)cc(O)c6c5OC(c5ccc(O)c(O)c5)C(O)C6)cc(c2O[C@@H]2O[C@H](CO)[C@@H](O)[C@H](O)[C@H]2O)c43)cc(OC)c1O. The average Bonchev–Trinajstić information content (AvgIpc) is 2.86. The van der Waals surface area contributed by atoms with Gasteiger partial charge in [-0.15, -0.1) is 0 Å². The van der Waals surface area contributed by atoms with Gasteiger partial charge < -0.3 is 114 Å². The molecule has 10 atom stereocenters. The Morgan fingerprint density at radius 3 is 1.80 bits per heavy atom. The van der Waals surface area contributed by atoms with Crippen molar-refractivity contribution in [3.8, 4) is 91.8 Å². The molecule has 3 aliphatic heterocycles. The summed E-state index contributed by atoms with van der Waals surface area (Å²) in [7, 11) is 2.55. The van der Waals surface area contributed by atoms with Gasteiger partial charge in [0.25, 0.3) is 0 Å². The van der Waals surface area contributed by atoms with Gasteiger partial charge in [0.2, 0.25) is 12.0 Å². The summed E-state index contributed by atoms with van der Waals surface area (Å²) in [6.07, 6.45) is -12.9. The van der Waals surface area contributed by atoms with Crippen molar-refractivity contribution in [2.75, 3.05) is 20.8 Å². The van der Waals surface area contributed by atoms with Crippen LogP contribution >= 0.6 is 0 Å². The van der Waals surface area contributed by atoms with Gasteiger partial charge in [0.05, 0.1) is 55.9 Å². The molecule has 0 spiro atoms. The van der Waals surface area contributed by atoms with Crippen LogP contribution in [0.3, 0.4) is 0 Å². The molecule has 0 radical (unpaired) electrons. The minimum absolute atomic E-state index is 0.0204. The Labute approximate surface area is 455 Å². The summed E-state index contributed by atoms with van der Waals surface area (Å²) in [5, 5.41) is 166. The molecule has 0 bridgehead atoms. The summed E-state index contributed by atoms with van der Waals surface area (Å²) >= 11 is 0. The fraction of sp³-hybridized carbons (Fsp3) is 0.246. The van der Waals surface area contributed by atoms with Crippen LogP contribution in [0.25, 0.3) is 45.4 Å². The predicted molar refractivity (Wildman–Crippen MR) is 278 cm³/mol. The van der Waals surface area contributed by atoms with Gasteiger partial charge in [-0.2, -0.15) is 0 Å². The number of phenols is 9. The maximum atomic E-state index is 12.6. The van der Waals surface area contributed by atoms with Gasteiger partial charge in [-0.1, -0.05) is 12.1 Å². The van der Waals surface area contributed by atoms with Crippen LogP contribution < -0.4 is 29.1 Å². The van der Waals surface area contributed by atoms with E-state index in [-0.39, 0.29) is 113 Å². The number of aliphatic hydroxyl groups is 6. The van der Waals surface area contributed by atoms with Crippen molar-refractivity contribution in [2.45, 2.75) is 67.5 Å². The zero-order chi connectivity index (χ0) is 57.6. The highest BCUT2D eigenvalue weighted by Gasteiger charge is 2.48. The van der Waals surface area contributed by atoms with Gasteiger partial charge >= 0.3 is 5.43 Å². The Kier molecular flexibility index (Phi) is 13.6. The van der Waals surface area contributed by atoms with E-state index in [9.17, 15) is 81.4 Å². The molecule has 0 saturated carbocycles. The molecule has 8 aromatic rings. The molecule has 5 heterocycles. The molecular weight excluding hydrogens is 1070 g/mol. The van der Waals surface area contributed by atoms with Gasteiger partial charge in [-0.05, 0) is 65.7 Å². The van der Waals surface area contributed by atoms with Crippen LogP contribution in [0.1, 0.15) is 57.3 Å². The quantitative estimate of drug-likeness (QED) is 0.0636. The molecule has 24 nitrogen and oxygen atoms in total. The second-order valence-electron chi connectivity index (χ2n) is 19.5. The highest BCUT2D eigenvalue weighted by molar-refractivity contribution is 6.10. The van der Waals surface area contributed by atoms with Crippen LogP contribution in [0.4, 0.5) is 0 Å². The average molecular weight is 1120 g/mol. The number of rotatable bonds is 11. The molecule has 0 aliphatic carbocycles. The molecule has 1 fully saturated rings. The molecule has 16 N–H and O–H groups in total. The predicted octanol–water partition coefficient (Wildman–Crippen LogP) is 4.23. The largest absolute Gasteiger partial charge is 0.507 e. The third kappa shape index (κ3) is 9.09. The summed E-state index contributed by atoms with van der Waals surface area (Å²) < 4.78 is 48.6. The number of methoxy groups -OCH3 is 2. The Bertz CT molecular complexity index is 3870. The Morgan fingerprint density at radius 2 is 1.19 bits per heavy atom. The highest BCUT2D eigenvalue weighted by Crippen LogP contribution is 2.59. The van der Waals surface area contributed by atoms with Crippen LogP contribution in [0.15, 0.2) is 87.7 Å². The monoisotopic (exact) mass is 1120 g/mol. The van der Waals surface area contributed by atoms with Gasteiger partial charge in [0, 0.05) is 46.2 Å². The van der Waals surface area contributed by atoms with Gasteiger partial charge in [0.15, 0.2) is 52.1 Å². The topological polar surface area (TPSA) is 407 Å². The first-order valence-electron chi connectivity index (χ1n) is 24.8. The van der Waals surface area contributed by atoms with Crippen molar-refractivity contribution in [3.05, 3.63) is 123 Å². The van der Waals surface area contributed by atoms with Crippen LogP contribution in [-0.2, 0) is 11.2 Å². The highest BCUT2D eigenvalue weighted by atomic mass is 16.7. The minimum Gasteiger partial charge on any atom is -0.507 e. The Balaban J connectivity index is 1.12. The summed E-state index contributed by atoms with van der Waals surface area (Å²) in [6, 6.07) is 15.5.